The van der Waals surface area contributed by atoms with Crippen molar-refractivity contribution in [1.82, 2.24) is 0 Å². The van der Waals surface area contributed by atoms with Gasteiger partial charge < -0.3 is 10.1 Å². The van der Waals surface area contributed by atoms with Crippen molar-refractivity contribution in [2.45, 2.75) is 25.7 Å². The van der Waals surface area contributed by atoms with Crippen LogP contribution in [0.4, 0.5) is 11.4 Å². The van der Waals surface area contributed by atoms with Gasteiger partial charge in [-0.05, 0) is 67.8 Å². The minimum absolute atomic E-state index is 0.0519. The molecule has 3 rings (SSSR count). The van der Waals surface area contributed by atoms with Gasteiger partial charge in [0.15, 0.2) is 0 Å². The first kappa shape index (κ1) is 21.4. The molecule has 0 aliphatic rings. The van der Waals surface area contributed by atoms with Crippen molar-refractivity contribution in [2.75, 3.05) is 17.1 Å². The molecule has 156 valence electrons. The minimum Gasteiger partial charge on any atom is -0.495 e. The summed E-state index contributed by atoms with van der Waals surface area (Å²) in [7, 11) is -2.37. The molecule has 0 spiro atoms. The van der Waals surface area contributed by atoms with Crippen LogP contribution in [0.5, 0.6) is 5.75 Å². The van der Waals surface area contributed by atoms with Gasteiger partial charge in [0.2, 0.25) is 0 Å². The van der Waals surface area contributed by atoms with Crippen LogP contribution in [0, 0.1) is 20.8 Å². The fraction of sp³-hybridized carbons (Fsp3) is 0.174. The number of hydrogen-bond donors (Lipinski definition) is 2. The maximum atomic E-state index is 13.1. The molecule has 0 aliphatic carbocycles. The lowest BCUT2D eigenvalue weighted by molar-refractivity contribution is 0.102. The number of methoxy groups -OCH3 is 1. The molecule has 0 saturated heterocycles. The summed E-state index contributed by atoms with van der Waals surface area (Å²) in [6, 6.07) is 17.0. The van der Waals surface area contributed by atoms with E-state index >= 15 is 0 Å². The van der Waals surface area contributed by atoms with E-state index < -0.39 is 15.9 Å². The molecule has 0 bridgehead atoms. The Balaban J connectivity index is 1.92. The van der Waals surface area contributed by atoms with Crippen LogP contribution < -0.4 is 14.8 Å². The summed E-state index contributed by atoms with van der Waals surface area (Å²) >= 11 is 0. The maximum Gasteiger partial charge on any atom is 0.262 e. The van der Waals surface area contributed by atoms with Gasteiger partial charge in [-0.15, -0.1) is 0 Å². The third-order valence-corrected chi connectivity index (χ3v) is 6.45. The molecule has 3 aromatic rings. The van der Waals surface area contributed by atoms with Crippen molar-refractivity contribution in [3.63, 3.8) is 0 Å². The predicted molar refractivity (Wildman–Crippen MR) is 119 cm³/mol. The van der Waals surface area contributed by atoms with Gasteiger partial charge in [-0.1, -0.05) is 30.3 Å². The number of hydrogen-bond acceptors (Lipinski definition) is 4. The number of sulfonamides is 1. The molecule has 0 radical (unpaired) electrons. The third-order valence-electron chi connectivity index (χ3n) is 4.94. The summed E-state index contributed by atoms with van der Waals surface area (Å²) in [6.45, 7) is 5.47. The monoisotopic (exact) mass is 424 g/mol. The molecule has 0 aromatic heterocycles. The first-order valence-electron chi connectivity index (χ1n) is 9.37. The molecule has 0 heterocycles. The highest BCUT2D eigenvalue weighted by Crippen LogP contribution is 2.26. The molecular weight excluding hydrogens is 400 g/mol. The van der Waals surface area contributed by atoms with Crippen LogP contribution in [0.15, 0.2) is 65.6 Å². The van der Waals surface area contributed by atoms with Crippen LogP contribution in [0.1, 0.15) is 27.0 Å². The van der Waals surface area contributed by atoms with Gasteiger partial charge in [0.25, 0.3) is 15.9 Å². The van der Waals surface area contributed by atoms with Crippen molar-refractivity contribution in [3.05, 3.63) is 82.9 Å². The predicted octanol–water partition coefficient (Wildman–Crippen LogP) is 4.67. The number of amides is 1. The van der Waals surface area contributed by atoms with Crippen molar-refractivity contribution in [1.29, 1.82) is 0 Å². The lowest BCUT2D eigenvalue weighted by atomic mass is 10.1. The summed E-state index contributed by atoms with van der Waals surface area (Å²) in [5, 5.41) is 2.76. The lowest BCUT2D eigenvalue weighted by Crippen LogP contribution is -2.18. The van der Waals surface area contributed by atoms with E-state index in [4.69, 9.17) is 4.74 Å². The van der Waals surface area contributed by atoms with E-state index in [1.807, 2.05) is 19.9 Å². The first-order chi connectivity index (χ1) is 14.2. The Morgan fingerprint density at radius 1 is 0.867 bits per heavy atom. The summed E-state index contributed by atoms with van der Waals surface area (Å²) in [5.41, 5.74) is 3.62. The molecule has 6 nitrogen and oxygen atoms in total. The Labute approximate surface area is 177 Å². The summed E-state index contributed by atoms with van der Waals surface area (Å²) in [6.07, 6.45) is 0. The Bertz CT molecular complexity index is 1200. The number of ether oxygens (including phenoxy) is 1. The normalized spacial score (nSPS) is 11.1. The second kappa shape index (κ2) is 8.59. The van der Waals surface area contributed by atoms with Gasteiger partial charge in [-0.2, -0.15) is 0 Å². The molecule has 3 aromatic carbocycles. The van der Waals surface area contributed by atoms with Crippen molar-refractivity contribution in [3.8, 4) is 5.75 Å². The van der Waals surface area contributed by atoms with Crippen LogP contribution in [-0.4, -0.2) is 21.4 Å². The molecular formula is C23H24N2O4S. The van der Waals surface area contributed by atoms with Gasteiger partial charge in [0.05, 0.1) is 23.4 Å². The Morgan fingerprint density at radius 2 is 1.57 bits per heavy atom. The zero-order valence-electron chi connectivity index (χ0n) is 17.3. The van der Waals surface area contributed by atoms with E-state index in [-0.39, 0.29) is 10.5 Å². The van der Waals surface area contributed by atoms with Crippen LogP contribution in [0.25, 0.3) is 0 Å². The second-order valence-corrected chi connectivity index (χ2v) is 8.64. The number of carbonyl (C=O) groups excluding carboxylic acids is 1. The van der Waals surface area contributed by atoms with E-state index in [1.54, 1.807) is 55.5 Å². The van der Waals surface area contributed by atoms with E-state index in [0.717, 1.165) is 11.1 Å². The van der Waals surface area contributed by atoms with E-state index in [0.29, 0.717) is 22.7 Å². The highest BCUT2D eigenvalue weighted by molar-refractivity contribution is 7.92. The molecule has 0 unspecified atom stereocenters. The summed E-state index contributed by atoms with van der Waals surface area (Å²) < 4.78 is 34.0. The molecule has 0 saturated carbocycles. The standard InChI is InChI=1S/C23H24N2O4S/c1-15-8-7-10-19(17(15)3)25-30(27,28)22-14-18(13-12-16(22)2)23(26)24-20-9-5-6-11-21(20)29-4/h5-14,25H,1-4H3,(H,24,26). The summed E-state index contributed by atoms with van der Waals surface area (Å²) in [4.78, 5) is 12.8. The largest absolute Gasteiger partial charge is 0.495 e. The first-order valence-corrected chi connectivity index (χ1v) is 10.9. The highest BCUT2D eigenvalue weighted by Gasteiger charge is 2.21. The number of carbonyl (C=O) groups is 1. The van der Waals surface area contributed by atoms with Gasteiger partial charge >= 0.3 is 0 Å². The zero-order valence-corrected chi connectivity index (χ0v) is 18.1. The molecule has 30 heavy (non-hydrogen) atoms. The van der Waals surface area contributed by atoms with E-state index in [2.05, 4.69) is 10.0 Å². The average molecular weight is 425 g/mol. The number of nitrogens with one attached hydrogen (secondary N) is 2. The van der Waals surface area contributed by atoms with Gasteiger partial charge in [0.1, 0.15) is 5.75 Å². The number of para-hydroxylation sites is 2. The van der Waals surface area contributed by atoms with Crippen molar-refractivity contribution >= 4 is 27.3 Å². The minimum atomic E-state index is -3.88. The van der Waals surface area contributed by atoms with Crippen molar-refractivity contribution < 1.29 is 17.9 Å². The fourth-order valence-corrected chi connectivity index (χ4v) is 4.43. The molecule has 1 amide bonds. The maximum absolute atomic E-state index is 13.1. The molecule has 7 heteroatoms. The van der Waals surface area contributed by atoms with Gasteiger partial charge in [-0.3, -0.25) is 9.52 Å². The van der Waals surface area contributed by atoms with Crippen LogP contribution in [0.3, 0.4) is 0 Å². The second-order valence-electron chi connectivity index (χ2n) is 6.99. The zero-order chi connectivity index (χ0) is 21.9. The van der Waals surface area contributed by atoms with Crippen LogP contribution in [0.2, 0.25) is 0 Å². The molecule has 0 aliphatic heterocycles. The smallest absolute Gasteiger partial charge is 0.262 e. The van der Waals surface area contributed by atoms with E-state index in [9.17, 15) is 13.2 Å². The number of benzene rings is 3. The van der Waals surface area contributed by atoms with Gasteiger partial charge in [0, 0.05) is 5.56 Å². The SMILES string of the molecule is COc1ccccc1NC(=O)c1ccc(C)c(S(=O)(=O)Nc2cccc(C)c2C)c1. The van der Waals surface area contributed by atoms with Gasteiger partial charge in [-0.25, -0.2) is 8.42 Å². The topological polar surface area (TPSA) is 84.5 Å². The highest BCUT2D eigenvalue weighted by atomic mass is 32.2. The molecule has 0 atom stereocenters. The van der Waals surface area contributed by atoms with Crippen LogP contribution >= 0.6 is 0 Å². The Kier molecular flexibility index (Phi) is 6.12. The summed E-state index contributed by atoms with van der Waals surface area (Å²) in [5.74, 6) is 0.0880. The molecule has 2 N–H and O–H groups in total. The quantitative estimate of drug-likeness (QED) is 0.602. The number of anilines is 2. The fourth-order valence-electron chi connectivity index (χ4n) is 3.03. The van der Waals surface area contributed by atoms with Crippen molar-refractivity contribution in [2.24, 2.45) is 0 Å². The molecule has 0 fully saturated rings. The Hall–Kier alpha value is -3.32. The third kappa shape index (κ3) is 4.46. The number of aryl methyl sites for hydroxylation is 2. The number of rotatable bonds is 6. The lowest BCUT2D eigenvalue weighted by Gasteiger charge is -2.15. The van der Waals surface area contributed by atoms with Crippen LogP contribution in [-0.2, 0) is 10.0 Å². The Morgan fingerprint density at radius 3 is 2.30 bits per heavy atom. The average Bonchev–Trinajstić information content (AvgIpc) is 2.72. The van der Waals surface area contributed by atoms with E-state index in [1.165, 1.54) is 13.2 Å².